The predicted octanol–water partition coefficient (Wildman–Crippen LogP) is 2.74. The Morgan fingerprint density at radius 3 is 2.56 bits per heavy atom. The van der Waals surface area contributed by atoms with Gasteiger partial charge < -0.3 is 14.5 Å². The van der Waals surface area contributed by atoms with Crippen molar-refractivity contribution in [2.75, 3.05) is 19.7 Å². The lowest BCUT2D eigenvalue weighted by atomic mass is 9.96. The van der Waals surface area contributed by atoms with Crippen molar-refractivity contribution < 1.29 is 31.6 Å². The van der Waals surface area contributed by atoms with Gasteiger partial charge in [0, 0.05) is 25.0 Å². The Kier molecular flexibility index (Phi) is 7.68. The van der Waals surface area contributed by atoms with E-state index in [1.165, 1.54) is 22.5 Å². The summed E-state index contributed by atoms with van der Waals surface area (Å²) in [6, 6.07) is 8.66. The number of nitrogens with one attached hydrogen (secondary N) is 1. The van der Waals surface area contributed by atoms with E-state index in [1.807, 2.05) is 6.92 Å². The molecule has 2 aromatic rings. The third-order valence-corrected chi connectivity index (χ3v) is 7.12. The maximum absolute atomic E-state index is 13.8. The van der Waals surface area contributed by atoms with Crippen LogP contribution in [0.15, 0.2) is 45.9 Å². The molecule has 0 bridgehead atoms. The fourth-order valence-electron chi connectivity index (χ4n) is 3.66. The van der Waals surface area contributed by atoms with Gasteiger partial charge >= 0.3 is 5.97 Å². The number of halogens is 1. The van der Waals surface area contributed by atoms with Gasteiger partial charge in [0.15, 0.2) is 0 Å². The second-order valence-corrected chi connectivity index (χ2v) is 9.59. The molecule has 1 N–H and O–H groups in total. The maximum Gasteiger partial charge on any atom is 0.374 e. The van der Waals surface area contributed by atoms with E-state index < -0.39 is 16.0 Å². The molecule has 174 valence electrons. The topological polar surface area (TPSA) is 106 Å². The number of esters is 1. The van der Waals surface area contributed by atoms with Crippen LogP contribution in [-0.2, 0) is 26.0 Å². The van der Waals surface area contributed by atoms with Gasteiger partial charge in [0.1, 0.15) is 5.82 Å². The number of hydrogen-bond donors (Lipinski definition) is 1. The molecule has 1 atom stereocenters. The lowest BCUT2D eigenvalue weighted by molar-refractivity contribution is -0.126. The van der Waals surface area contributed by atoms with Crippen LogP contribution < -0.4 is 5.32 Å². The number of nitrogens with zero attached hydrogens (tertiary/aromatic N) is 1. The zero-order chi connectivity index (χ0) is 23.3. The van der Waals surface area contributed by atoms with Crippen molar-refractivity contribution in [3.05, 3.63) is 53.5 Å². The molecule has 32 heavy (non-hydrogen) atoms. The van der Waals surface area contributed by atoms with E-state index in [-0.39, 0.29) is 54.2 Å². The fraction of sp³-hybridized carbons (Fsp3) is 0.455. The number of rotatable bonds is 8. The van der Waals surface area contributed by atoms with E-state index in [9.17, 15) is 22.4 Å². The van der Waals surface area contributed by atoms with Crippen LogP contribution >= 0.6 is 0 Å². The van der Waals surface area contributed by atoms with E-state index in [0.717, 1.165) is 0 Å². The summed E-state index contributed by atoms with van der Waals surface area (Å²) < 4.78 is 50.7. The lowest BCUT2D eigenvalue weighted by Gasteiger charge is -2.30. The molecule has 0 saturated carbocycles. The minimum atomic E-state index is -3.92. The van der Waals surface area contributed by atoms with E-state index >= 15 is 0 Å². The number of amides is 1. The van der Waals surface area contributed by atoms with Gasteiger partial charge in [0.25, 0.3) is 10.0 Å². The monoisotopic (exact) mass is 466 g/mol. The Balaban J connectivity index is 1.54. The Morgan fingerprint density at radius 2 is 1.91 bits per heavy atom. The van der Waals surface area contributed by atoms with Crippen LogP contribution in [0.25, 0.3) is 0 Å². The molecular weight excluding hydrogens is 439 g/mol. The Labute approximate surface area is 186 Å². The first kappa shape index (κ1) is 23.9. The van der Waals surface area contributed by atoms with Gasteiger partial charge in [-0.15, -0.1) is 0 Å². The number of ether oxygens (including phenoxy) is 1. The highest BCUT2D eigenvalue weighted by Gasteiger charge is 2.34. The van der Waals surface area contributed by atoms with Gasteiger partial charge in [0.05, 0.1) is 6.61 Å². The molecule has 1 amide bonds. The van der Waals surface area contributed by atoms with Crippen LogP contribution in [0.4, 0.5) is 4.39 Å². The molecule has 0 radical (unpaired) electrons. The van der Waals surface area contributed by atoms with Gasteiger partial charge in [-0.2, -0.15) is 4.31 Å². The second kappa shape index (κ2) is 10.3. The first-order valence-electron chi connectivity index (χ1n) is 10.5. The van der Waals surface area contributed by atoms with E-state index in [4.69, 9.17) is 9.15 Å². The van der Waals surface area contributed by atoms with Gasteiger partial charge in [0.2, 0.25) is 16.8 Å². The predicted molar refractivity (Wildman–Crippen MR) is 114 cm³/mol. The van der Waals surface area contributed by atoms with Crippen molar-refractivity contribution in [2.45, 2.75) is 44.2 Å². The molecule has 3 rings (SSSR count). The highest BCUT2D eigenvalue weighted by Crippen LogP contribution is 2.25. The fourth-order valence-corrected chi connectivity index (χ4v) is 5.04. The molecule has 1 aliphatic rings. The molecular formula is C22H27FN2O6S. The van der Waals surface area contributed by atoms with Crippen molar-refractivity contribution in [3.8, 4) is 0 Å². The molecule has 0 aliphatic carbocycles. The minimum absolute atomic E-state index is 0.149. The average Bonchev–Trinajstić information content (AvgIpc) is 3.27. The van der Waals surface area contributed by atoms with Crippen molar-refractivity contribution in [1.82, 2.24) is 9.62 Å². The quantitative estimate of drug-likeness (QED) is 0.600. The zero-order valence-corrected chi connectivity index (χ0v) is 18.9. The minimum Gasteiger partial charge on any atom is -0.460 e. The van der Waals surface area contributed by atoms with Gasteiger partial charge in [-0.05, 0) is 56.9 Å². The number of carbonyl (C=O) groups excluding carboxylic acids is 2. The smallest absolute Gasteiger partial charge is 0.374 e. The molecule has 2 heterocycles. The highest BCUT2D eigenvalue weighted by atomic mass is 32.2. The lowest BCUT2D eigenvalue weighted by Crippen LogP contribution is -2.45. The summed E-state index contributed by atoms with van der Waals surface area (Å²) >= 11 is 0. The van der Waals surface area contributed by atoms with Crippen LogP contribution in [-0.4, -0.2) is 50.3 Å². The Morgan fingerprint density at radius 1 is 1.22 bits per heavy atom. The third-order valence-electron chi connectivity index (χ3n) is 5.35. The van der Waals surface area contributed by atoms with E-state index in [1.54, 1.807) is 25.1 Å². The Bertz CT molecular complexity index is 1060. The first-order valence-corrected chi connectivity index (χ1v) is 12.0. The number of sulfonamides is 1. The molecule has 1 aromatic heterocycles. The number of hydrogen-bond acceptors (Lipinski definition) is 6. The average molecular weight is 467 g/mol. The summed E-state index contributed by atoms with van der Waals surface area (Å²) in [4.78, 5) is 24.3. The van der Waals surface area contributed by atoms with E-state index in [2.05, 4.69) is 5.32 Å². The SMILES string of the molecule is CCOC(=O)c1ccc(S(=O)(=O)N2CCC(C(=O)NC(C)Cc3ccccc3F)CC2)o1. The van der Waals surface area contributed by atoms with Gasteiger partial charge in [-0.25, -0.2) is 17.6 Å². The summed E-state index contributed by atoms with van der Waals surface area (Å²) in [6.07, 6.45) is 1.07. The number of furan rings is 1. The molecule has 1 aromatic carbocycles. The van der Waals surface area contributed by atoms with E-state index in [0.29, 0.717) is 24.8 Å². The molecule has 1 unspecified atom stereocenters. The van der Waals surface area contributed by atoms with Crippen molar-refractivity contribution in [1.29, 1.82) is 0 Å². The summed E-state index contributed by atoms with van der Waals surface area (Å²) in [5.41, 5.74) is 0.529. The Hall–Kier alpha value is -2.72. The molecule has 1 aliphatic heterocycles. The number of piperidine rings is 1. The largest absolute Gasteiger partial charge is 0.460 e. The first-order chi connectivity index (χ1) is 15.2. The molecule has 10 heteroatoms. The van der Waals surface area contributed by atoms with Crippen LogP contribution in [0.2, 0.25) is 0 Å². The van der Waals surface area contributed by atoms with Crippen molar-refractivity contribution >= 4 is 21.9 Å². The third kappa shape index (κ3) is 5.55. The summed E-state index contributed by atoms with van der Waals surface area (Å²) in [5.74, 6) is -1.72. The highest BCUT2D eigenvalue weighted by molar-refractivity contribution is 7.89. The summed E-state index contributed by atoms with van der Waals surface area (Å²) in [7, 11) is -3.92. The number of carbonyl (C=O) groups is 2. The molecule has 0 spiro atoms. The van der Waals surface area contributed by atoms with Crippen LogP contribution in [0, 0.1) is 11.7 Å². The van der Waals surface area contributed by atoms with Crippen molar-refractivity contribution in [2.24, 2.45) is 5.92 Å². The van der Waals surface area contributed by atoms with Crippen molar-refractivity contribution in [3.63, 3.8) is 0 Å². The normalized spacial score (nSPS) is 16.5. The molecule has 1 saturated heterocycles. The summed E-state index contributed by atoms with van der Waals surface area (Å²) in [5, 5.41) is 2.56. The van der Waals surface area contributed by atoms with Crippen LogP contribution in [0.3, 0.4) is 0 Å². The maximum atomic E-state index is 13.8. The standard InChI is InChI=1S/C22H27FN2O6S/c1-3-30-22(27)19-8-9-20(31-19)32(28,29)25-12-10-16(11-13-25)21(26)24-15(2)14-17-6-4-5-7-18(17)23/h4-9,15-16H,3,10-14H2,1-2H3,(H,24,26). The zero-order valence-electron chi connectivity index (χ0n) is 18.0. The molecule has 8 nitrogen and oxygen atoms in total. The summed E-state index contributed by atoms with van der Waals surface area (Å²) in [6.45, 7) is 3.90. The second-order valence-electron chi connectivity index (χ2n) is 7.72. The molecule has 1 fully saturated rings. The van der Waals surface area contributed by atoms with Crippen LogP contribution in [0.5, 0.6) is 0 Å². The van der Waals surface area contributed by atoms with Crippen LogP contribution in [0.1, 0.15) is 42.8 Å². The van der Waals surface area contributed by atoms with Gasteiger partial charge in [-0.3, -0.25) is 4.79 Å². The number of benzene rings is 1. The van der Waals surface area contributed by atoms with Gasteiger partial charge in [-0.1, -0.05) is 18.2 Å².